The van der Waals surface area contributed by atoms with Crippen LogP contribution in [-0.2, 0) is 14.3 Å². The van der Waals surface area contributed by atoms with Gasteiger partial charge in [0.15, 0.2) is 0 Å². The first-order chi connectivity index (χ1) is 10.1. The Labute approximate surface area is 127 Å². The highest BCUT2D eigenvalue weighted by Gasteiger charge is 2.21. The van der Waals surface area contributed by atoms with Gasteiger partial charge in [0.1, 0.15) is 6.54 Å². The van der Waals surface area contributed by atoms with Crippen LogP contribution in [0, 0.1) is 0 Å². The second kappa shape index (κ2) is 7.28. The van der Waals surface area contributed by atoms with Gasteiger partial charge in [-0.25, -0.2) is 0 Å². The molecule has 1 amide bonds. The molecule has 0 aromatic heterocycles. The molecule has 7 heteroatoms. The van der Waals surface area contributed by atoms with Gasteiger partial charge >= 0.3 is 5.97 Å². The molecule has 1 aromatic carbocycles. The van der Waals surface area contributed by atoms with E-state index >= 15 is 0 Å². The van der Waals surface area contributed by atoms with Crippen LogP contribution < -0.4 is 4.90 Å². The third kappa shape index (κ3) is 4.61. The number of aliphatic carboxylic acids is 1. The van der Waals surface area contributed by atoms with E-state index in [1.165, 1.54) is 4.90 Å². The van der Waals surface area contributed by atoms with E-state index in [2.05, 4.69) is 0 Å². The molecule has 0 unspecified atom stereocenters. The highest BCUT2D eigenvalue weighted by atomic mass is 35.5. The number of hydrogen-bond acceptors (Lipinski definition) is 4. The molecule has 2 rings (SSSR count). The molecular weight excluding hydrogens is 296 g/mol. The van der Waals surface area contributed by atoms with E-state index in [0.717, 1.165) is 0 Å². The summed E-state index contributed by atoms with van der Waals surface area (Å²) in [6.45, 7) is 1.91. The summed E-state index contributed by atoms with van der Waals surface area (Å²) < 4.78 is 5.20. The number of carbonyl (C=O) groups excluding carboxylic acids is 1. The molecule has 0 atom stereocenters. The van der Waals surface area contributed by atoms with Crippen molar-refractivity contribution < 1.29 is 19.4 Å². The van der Waals surface area contributed by atoms with Crippen LogP contribution in [0.25, 0.3) is 0 Å². The van der Waals surface area contributed by atoms with Crippen LogP contribution >= 0.6 is 11.6 Å². The van der Waals surface area contributed by atoms with Crippen molar-refractivity contribution in [2.45, 2.75) is 0 Å². The van der Waals surface area contributed by atoms with Crippen molar-refractivity contribution in [3.8, 4) is 0 Å². The van der Waals surface area contributed by atoms with E-state index in [1.807, 2.05) is 0 Å². The summed E-state index contributed by atoms with van der Waals surface area (Å²) in [7, 11) is 0. The molecule has 0 saturated carbocycles. The Morgan fingerprint density at radius 3 is 2.38 bits per heavy atom. The molecule has 0 aliphatic carbocycles. The number of anilines is 1. The minimum Gasteiger partial charge on any atom is -0.480 e. The Morgan fingerprint density at radius 1 is 1.19 bits per heavy atom. The lowest BCUT2D eigenvalue weighted by Gasteiger charge is -2.30. The van der Waals surface area contributed by atoms with Gasteiger partial charge in [0.05, 0.1) is 19.8 Å². The maximum atomic E-state index is 12.2. The number of hydrogen-bond donors (Lipinski definition) is 1. The number of nitrogens with zero attached hydrogens (tertiary/aromatic N) is 2. The number of ether oxygens (including phenoxy) is 1. The number of halogens is 1. The number of rotatable bonds is 5. The minimum absolute atomic E-state index is 0.0218. The van der Waals surface area contributed by atoms with E-state index in [1.54, 1.807) is 29.2 Å². The van der Waals surface area contributed by atoms with Gasteiger partial charge in [-0.05, 0) is 24.3 Å². The van der Waals surface area contributed by atoms with E-state index < -0.39 is 5.97 Å². The molecule has 0 radical (unpaired) electrons. The number of amides is 1. The Hall–Kier alpha value is -1.79. The lowest BCUT2D eigenvalue weighted by atomic mass is 10.2. The average Bonchev–Trinajstić information content (AvgIpc) is 2.48. The van der Waals surface area contributed by atoms with Crippen LogP contribution in [0.15, 0.2) is 24.3 Å². The second-order valence-corrected chi connectivity index (χ2v) is 5.16. The lowest BCUT2D eigenvalue weighted by Crippen LogP contribution is -2.46. The predicted octanol–water partition coefficient (Wildman–Crippen LogP) is 1.09. The number of carbonyl (C=O) groups is 2. The summed E-state index contributed by atoms with van der Waals surface area (Å²) in [5, 5.41) is 9.57. The smallest absolute Gasteiger partial charge is 0.323 e. The van der Waals surface area contributed by atoms with Crippen molar-refractivity contribution in [3.05, 3.63) is 29.3 Å². The van der Waals surface area contributed by atoms with Gasteiger partial charge in [-0.3, -0.25) is 9.59 Å². The summed E-state index contributed by atoms with van der Waals surface area (Å²) in [5.41, 5.74) is 0.656. The molecule has 1 aliphatic heterocycles. The Balaban J connectivity index is 2.06. The normalized spacial score (nSPS) is 14.8. The van der Waals surface area contributed by atoms with Gasteiger partial charge in [-0.15, -0.1) is 0 Å². The van der Waals surface area contributed by atoms with Crippen LogP contribution in [0.3, 0.4) is 0 Å². The van der Waals surface area contributed by atoms with Gasteiger partial charge in [-0.1, -0.05) is 11.6 Å². The van der Waals surface area contributed by atoms with Crippen LogP contribution in [0.4, 0.5) is 5.69 Å². The molecule has 1 aliphatic rings. The summed E-state index contributed by atoms with van der Waals surface area (Å²) in [4.78, 5) is 26.4. The zero-order valence-corrected chi connectivity index (χ0v) is 12.3. The standard InChI is InChI=1S/C14H17ClN2O4/c15-11-1-3-12(4-2-11)17(10-14(19)20)9-13(18)16-5-7-21-8-6-16/h1-4H,5-10H2,(H,19,20). The zero-order valence-electron chi connectivity index (χ0n) is 11.5. The molecule has 21 heavy (non-hydrogen) atoms. The number of carboxylic acid groups (broad SMARTS) is 1. The quantitative estimate of drug-likeness (QED) is 0.881. The van der Waals surface area contributed by atoms with Crippen molar-refractivity contribution in [3.63, 3.8) is 0 Å². The maximum absolute atomic E-state index is 12.2. The fourth-order valence-corrected chi connectivity index (χ4v) is 2.26. The van der Waals surface area contributed by atoms with Gasteiger partial charge in [0.25, 0.3) is 0 Å². The van der Waals surface area contributed by atoms with E-state index in [0.29, 0.717) is 37.0 Å². The largest absolute Gasteiger partial charge is 0.480 e. The first kappa shape index (κ1) is 15.6. The topological polar surface area (TPSA) is 70.1 Å². The average molecular weight is 313 g/mol. The SMILES string of the molecule is O=C(O)CN(CC(=O)N1CCOCC1)c1ccc(Cl)cc1. The summed E-state index contributed by atoms with van der Waals surface area (Å²) >= 11 is 5.83. The monoisotopic (exact) mass is 312 g/mol. The van der Waals surface area contributed by atoms with Gasteiger partial charge in [0.2, 0.25) is 5.91 Å². The molecule has 1 aromatic rings. The van der Waals surface area contributed by atoms with Crippen LogP contribution in [-0.4, -0.2) is 61.3 Å². The van der Waals surface area contributed by atoms with E-state index in [4.69, 9.17) is 21.4 Å². The molecule has 1 N–H and O–H groups in total. The van der Waals surface area contributed by atoms with E-state index in [9.17, 15) is 9.59 Å². The fourth-order valence-electron chi connectivity index (χ4n) is 2.13. The van der Waals surface area contributed by atoms with Crippen LogP contribution in [0.1, 0.15) is 0 Å². The summed E-state index contributed by atoms with van der Waals surface area (Å²) in [5.74, 6) is -1.09. The van der Waals surface area contributed by atoms with Crippen molar-refractivity contribution in [2.24, 2.45) is 0 Å². The maximum Gasteiger partial charge on any atom is 0.323 e. The number of carboxylic acids is 1. The van der Waals surface area contributed by atoms with Gasteiger partial charge < -0.3 is 19.6 Å². The van der Waals surface area contributed by atoms with Crippen LogP contribution in [0.2, 0.25) is 5.02 Å². The highest BCUT2D eigenvalue weighted by Crippen LogP contribution is 2.18. The molecule has 0 spiro atoms. The number of benzene rings is 1. The highest BCUT2D eigenvalue weighted by molar-refractivity contribution is 6.30. The molecular formula is C14H17ClN2O4. The Kier molecular flexibility index (Phi) is 5.41. The number of morpholine rings is 1. The second-order valence-electron chi connectivity index (χ2n) is 4.72. The summed E-state index contributed by atoms with van der Waals surface area (Å²) in [6, 6.07) is 6.76. The fraction of sp³-hybridized carbons (Fsp3) is 0.429. The Bertz CT molecular complexity index is 500. The van der Waals surface area contributed by atoms with Gasteiger partial charge in [-0.2, -0.15) is 0 Å². The van der Waals surface area contributed by atoms with Crippen molar-refractivity contribution in [1.82, 2.24) is 4.90 Å². The molecule has 114 valence electrons. The van der Waals surface area contributed by atoms with Crippen molar-refractivity contribution >= 4 is 29.2 Å². The molecule has 1 fully saturated rings. The predicted molar refractivity (Wildman–Crippen MR) is 78.7 cm³/mol. The van der Waals surface area contributed by atoms with Gasteiger partial charge in [0, 0.05) is 23.8 Å². The molecule has 0 bridgehead atoms. The van der Waals surface area contributed by atoms with Crippen LogP contribution in [0.5, 0.6) is 0 Å². The first-order valence-corrected chi connectivity index (χ1v) is 7.02. The lowest BCUT2D eigenvalue weighted by molar-refractivity contribution is -0.135. The third-order valence-electron chi connectivity index (χ3n) is 3.21. The third-order valence-corrected chi connectivity index (χ3v) is 3.46. The molecule has 6 nitrogen and oxygen atoms in total. The molecule has 1 saturated heterocycles. The first-order valence-electron chi connectivity index (χ1n) is 6.64. The molecule has 1 heterocycles. The van der Waals surface area contributed by atoms with E-state index in [-0.39, 0.29) is 19.0 Å². The Morgan fingerprint density at radius 2 is 1.81 bits per heavy atom. The summed E-state index contributed by atoms with van der Waals surface area (Å²) in [6.07, 6.45) is 0. The minimum atomic E-state index is -0.986. The van der Waals surface area contributed by atoms with Crippen molar-refractivity contribution in [2.75, 3.05) is 44.3 Å². The zero-order chi connectivity index (χ0) is 15.2. The van der Waals surface area contributed by atoms with Crippen molar-refractivity contribution in [1.29, 1.82) is 0 Å².